The van der Waals surface area contributed by atoms with Crippen LogP contribution in [0, 0.1) is 20.8 Å². The molecule has 0 aliphatic rings. The van der Waals surface area contributed by atoms with Gasteiger partial charge in [-0.1, -0.05) is 0 Å². The van der Waals surface area contributed by atoms with E-state index in [-0.39, 0.29) is 0 Å². The smallest absolute Gasteiger partial charge is 0.0405 e. The molecule has 0 aromatic carbocycles. The van der Waals surface area contributed by atoms with Gasteiger partial charge in [-0.2, -0.15) is 0 Å². The maximum Gasteiger partial charge on any atom is 0.0405 e. The highest BCUT2D eigenvalue weighted by molar-refractivity contribution is 5.33. The van der Waals surface area contributed by atoms with Crippen molar-refractivity contribution in [1.29, 1.82) is 0 Å². The summed E-state index contributed by atoms with van der Waals surface area (Å²) >= 11 is 0. The first kappa shape index (κ1) is 8.21. The van der Waals surface area contributed by atoms with Gasteiger partial charge in [-0.3, -0.25) is 4.98 Å². The molecule has 0 bridgehead atoms. The summed E-state index contributed by atoms with van der Waals surface area (Å²) in [6.07, 6.45) is 1.88. The highest BCUT2D eigenvalue weighted by atomic mass is 14.7. The summed E-state index contributed by atoms with van der Waals surface area (Å²) in [4.78, 5) is 4.23. The zero-order chi connectivity index (χ0) is 8.43. The van der Waals surface area contributed by atoms with E-state index in [1.54, 1.807) is 0 Å². The van der Waals surface area contributed by atoms with Crippen LogP contribution in [0.4, 0.5) is 0 Å². The zero-order valence-corrected chi connectivity index (χ0v) is 7.31. The molecule has 2 heteroatoms. The van der Waals surface area contributed by atoms with Crippen LogP contribution in [0.1, 0.15) is 22.4 Å². The topological polar surface area (TPSA) is 38.9 Å². The van der Waals surface area contributed by atoms with Crippen LogP contribution in [-0.4, -0.2) is 4.98 Å². The molecule has 60 valence electrons. The predicted molar refractivity (Wildman–Crippen MR) is 46.3 cm³/mol. The molecule has 1 aromatic heterocycles. The average Bonchev–Trinajstić information content (AvgIpc) is 1.99. The highest BCUT2D eigenvalue weighted by Crippen LogP contribution is 2.13. The number of rotatable bonds is 1. The summed E-state index contributed by atoms with van der Waals surface area (Å²) in [6, 6.07) is 0. The number of pyridine rings is 1. The first-order valence-electron chi connectivity index (χ1n) is 3.78. The van der Waals surface area contributed by atoms with Gasteiger partial charge in [0.05, 0.1) is 0 Å². The highest BCUT2D eigenvalue weighted by Gasteiger charge is 2.02. The fourth-order valence-corrected chi connectivity index (χ4v) is 1.20. The van der Waals surface area contributed by atoms with Gasteiger partial charge in [0.15, 0.2) is 0 Å². The minimum absolute atomic E-state index is 0.612. The van der Waals surface area contributed by atoms with Crippen molar-refractivity contribution in [1.82, 2.24) is 4.98 Å². The van der Waals surface area contributed by atoms with Gasteiger partial charge >= 0.3 is 0 Å². The number of hydrogen-bond acceptors (Lipinski definition) is 2. The first-order valence-corrected chi connectivity index (χ1v) is 3.78. The lowest BCUT2D eigenvalue weighted by molar-refractivity contribution is 0.984. The summed E-state index contributed by atoms with van der Waals surface area (Å²) in [5.74, 6) is 0. The Kier molecular flexibility index (Phi) is 2.25. The lowest BCUT2D eigenvalue weighted by Crippen LogP contribution is -2.04. The maximum absolute atomic E-state index is 5.59. The molecular formula is C9H14N2. The van der Waals surface area contributed by atoms with Crippen LogP contribution >= 0.6 is 0 Å². The van der Waals surface area contributed by atoms with E-state index in [0.29, 0.717) is 6.54 Å². The molecule has 0 spiro atoms. The summed E-state index contributed by atoms with van der Waals surface area (Å²) in [7, 11) is 0. The second-order valence-electron chi connectivity index (χ2n) is 2.83. The molecule has 0 saturated carbocycles. The molecule has 2 N–H and O–H groups in total. The molecule has 0 atom stereocenters. The Morgan fingerprint density at radius 3 is 2.45 bits per heavy atom. The normalized spacial score (nSPS) is 10.2. The van der Waals surface area contributed by atoms with Gasteiger partial charge in [0.1, 0.15) is 0 Å². The lowest BCUT2D eigenvalue weighted by Gasteiger charge is -2.08. The number of hydrogen-bond donors (Lipinski definition) is 1. The fraction of sp³-hybridized carbons (Fsp3) is 0.444. The van der Waals surface area contributed by atoms with Crippen molar-refractivity contribution in [2.75, 3.05) is 0 Å². The zero-order valence-electron chi connectivity index (χ0n) is 7.31. The third-order valence-electron chi connectivity index (χ3n) is 2.13. The van der Waals surface area contributed by atoms with E-state index in [2.05, 4.69) is 11.9 Å². The van der Waals surface area contributed by atoms with Crippen LogP contribution in [0.15, 0.2) is 6.20 Å². The minimum atomic E-state index is 0.612. The molecule has 1 rings (SSSR count). The van der Waals surface area contributed by atoms with Crippen molar-refractivity contribution in [3.63, 3.8) is 0 Å². The molecule has 0 aliphatic heterocycles. The van der Waals surface area contributed by atoms with Gasteiger partial charge in [0.25, 0.3) is 0 Å². The summed E-state index contributed by atoms with van der Waals surface area (Å²) < 4.78 is 0. The quantitative estimate of drug-likeness (QED) is 0.658. The third-order valence-corrected chi connectivity index (χ3v) is 2.13. The largest absolute Gasteiger partial charge is 0.326 e. The van der Waals surface area contributed by atoms with Crippen LogP contribution in [0.3, 0.4) is 0 Å². The van der Waals surface area contributed by atoms with E-state index in [1.807, 2.05) is 20.0 Å². The van der Waals surface area contributed by atoms with Crippen molar-refractivity contribution < 1.29 is 0 Å². The van der Waals surface area contributed by atoms with E-state index in [9.17, 15) is 0 Å². The van der Waals surface area contributed by atoms with Gasteiger partial charge in [-0.25, -0.2) is 0 Å². The molecule has 0 saturated heterocycles. The van der Waals surface area contributed by atoms with Crippen molar-refractivity contribution >= 4 is 0 Å². The molecule has 1 heterocycles. The first-order chi connectivity index (χ1) is 5.16. The molecule has 0 radical (unpaired) electrons. The minimum Gasteiger partial charge on any atom is -0.326 e. The standard InChI is InChI=1S/C9H14N2/c1-6-5-11-8(3)7(2)9(6)4-10/h5H,4,10H2,1-3H3. The van der Waals surface area contributed by atoms with Gasteiger partial charge in [0.2, 0.25) is 0 Å². The van der Waals surface area contributed by atoms with Crippen molar-refractivity contribution in [2.24, 2.45) is 5.73 Å². The van der Waals surface area contributed by atoms with E-state index in [1.165, 1.54) is 16.7 Å². The van der Waals surface area contributed by atoms with Crippen LogP contribution in [0.5, 0.6) is 0 Å². The number of aryl methyl sites for hydroxylation is 2. The summed E-state index contributed by atoms with van der Waals surface area (Å²) in [5, 5.41) is 0. The Morgan fingerprint density at radius 1 is 1.36 bits per heavy atom. The lowest BCUT2D eigenvalue weighted by atomic mass is 10.0. The third kappa shape index (κ3) is 1.40. The van der Waals surface area contributed by atoms with Gasteiger partial charge in [0, 0.05) is 18.4 Å². The molecule has 11 heavy (non-hydrogen) atoms. The molecule has 1 aromatic rings. The monoisotopic (exact) mass is 150 g/mol. The van der Waals surface area contributed by atoms with Gasteiger partial charge in [-0.15, -0.1) is 0 Å². The number of nitrogens with zero attached hydrogens (tertiary/aromatic N) is 1. The molecule has 0 unspecified atom stereocenters. The van der Waals surface area contributed by atoms with Crippen molar-refractivity contribution in [3.8, 4) is 0 Å². The SMILES string of the molecule is Cc1cnc(C)c(C)c1CN. The Bertz CT molecular complexity index is 267. The van der Waals surface area contributed by atoms with Crippen LogP contribution in [-0.2, 0) is 6.54 Å². The predicted octanol–water partition coefficient (Wildman–Crippen LogP) is 1.47. The summed E-state index contributed by atoms with van der Waals surface area (Å²) in [5.41, 5.74) is 10.3. The maximum atomic E-state index is 5.59. The Morgan fingerprint density at radius 2 is 2.00 bits per heavy atom. The Labute approximate surface area is 67.5 Å². The number of nitrogens with two attached hydrogens (primary N) is 1. The summed E-state index contributed by atoms with van der Waals surface area (Å²) in [6.45, 7) is 6.73. The molecular weight excluding hydrogens is 136 g/mol. The second kappa shape index (κ2) is 3.01. The fourth-order valence-electron chi connectivity index (χ4n) is 1.20. The van der Waals surface area contributed by atoms with E-state index in [4.69, 9.17) is 5.73 Å². The molecule has 2 nitrogen and oxygen atoms in total. The van der Waals surface area contributed by atoms with Gasteiger partial charge in [-0.05, 0) is 37.5 Å². The second-order valence-corrected chi connectivity index (χ2v) is 2.83. The Balaban J connectivity index is 3.29. The van der Waals surface area contributed by atoms with Crippen LogP contribution < -0.4 is 5.73 Å². The number of aromatic nitrogens is 1. The van der Waals surface area contributed by atoms with E-state index in [0.717, 1.165) is 5.69 Å². The van der Waals surface area contributed by atoms with Gasteiger partial charge < -0.3 is 5.73 Å². The molecule has 0 amide bonds. The molecule has 0 fully saturated rings. The molecule has 0 aliphatic carbocycles. The van der Waals surface area contributed by atoms with Crippen molar-refractivity contribution in [2.45, 2.75) is 27.3 Å². The van der Waals surface area contributed by atoms with Crippen LogP contribution in [0.2, 0.25) is 0 Å². The van der Waals surface area contributed by atoms with E-state index < -0.39 is 0 Å². The Hall–Kier alpha value is -0.890. The average molecular weight is 150 g/mol. The van der Waals surface area contributed by atoms with Crippen molar-refractivity contribution in [3.05, 3.63) is 28.6 Å². The van der Waals surface area contributed by atoms with E-state index >= 15 is 0 Å². The van der Waals surface area contributed by atoms with Crippen LogP contribution in [0.25, 0.3) is 0 Å².